The van der Waals surface area contributed by atoms with Crippen LogP contribution in [0.15, 0.2) is 44.5 Å². The van der Waals surface area contributed by atoms with Crippen molar-refractivity contribution >= 4 is 17.4 Å². The van der Waals surface area contributed by atoms with Crippen LogP contribution in [0.25, 0.3) is 11.3 Å². The fraction of sp³-hybridized carbons (Fsp3) is 0.440. The van der Waals surface area contributed by atoms with E-state index in [1.54, 1.807) is 18.2 Å². The minimum Gasteiger partial charge on any atom is -0.441 e. The lowest BCUT2D eigenvalue weighted by Crippen LogP contribution is -2.42. The number of nitrogens with zero attached hydrogens (tertiary/aromatic N) is 3. The average molecular weight is 486 g/mol. The van der Waals surface area contributed by atoms with Crippen LogP contribution < -0.4 is 21.9 Å². The third-order valence-electron chi connectivity index (χ3n) is 5.70. The summed E-state index contributed by atoms with van der Waals surface area (Å²) >= 11 is 0. The summed E-state index contributed by atoms with van der Waals surface area (Å²) in [5.41, 5.74) is 5.21. The van der Waals surface area contributed by atoms with Crippen molar-refractivity contribution in [2.75, 3.05) is 17.2 Å². The van der Waals surface area contributed by atoms with Gasteiger partial charge in [-0.1, -0.05) is 39.3 Å². The molecular formula is C25H32FN5O4. The molecule has 2 heterocycles. The van der Waals surface area contributed by atoms with E-state index in [0.717, 1.165) is 6.42 Å². The van der Waals surface area contributed by atoms with Gasteiger partial charge in [0.25, 0.3) is 5.56 Å². The van der Waals surface area contributed by atoms with Gasteiger partial charge in [0.1, 0.15) is 11.6 Å². The molecule has 0 radical (unpaired) electrons. The lowest BCUT2D eigenvalue weighted by Gasteiger charge is -2.25. The lowest BCUT2D eigenvalue weighted by atomic mass is 10.1. The largest absolute Gasteiger partial charge is 0.441 e. The Bertz CT molecular complexity index is 1280. The Hall–Kier alpha value is -3.69. The van der Waals surface area contributed by atoms with Crippen LogP contribution in [-0.4, -0.2) is 27.0 Å². The number of oxazole rings is 1. The second-order valence-electron chi connectivity index (χ2n) is 8.82. The van der Waals surface area contributed by atoms with Gasteiger partial charge in [-0.05, 0) is 30.9 Å². The van der Waals surface area contributed by atoms with E-state index in [2.05, 4.69) is 9.97 Å². The number of anilines is 2. The summed E-state index contributed by atoms with van der Waals surface area (Å²) in [5.74, 6) is 0.00303. The number of amides is 1. The number of rotatable bonds is 11. The van der Waals surface area contributed by atoms with Crippen LogP contribution in [0.1, 0.15) is 52.3 Å². The fourth-order valence-electron chi connectivity index (χ4n) is 3.69. The van der Waals surface area contributed by atoms with Gasteiger partial charge >= 0.3 is 5.69 Å². The number of nitrogen functional groups attached to an aromatic ring is 1. The Morgan fingerprint density at radius 3 is 2.71 bits per heavy atom. The monoisotopic (exact) mass is 485 g/mol. The molecule has 3 aromatic rings. The van der Waals surface area contributed by atoms with Crippen molar-refractivity contribution in [3.63, 3.8) is 0 Å². The molecule has 1 aromatic carbocycles. The highest BCUT2D eigenvalue weighted by molar-refractivity contribution is 5.95. The van der Waals surface area contributed by atoms with Gasteiger partial charge in [-0.25, -0.2) is 14.2 Å². The van der Waals surface area contributed by atoms with E-state index in [0.29, 0.717) is 19.4 Å². The Balaban J connectivity index is 1.85. The molecule has 0 aliphatic carbocycles. The molecule has 0 unspecified atom stereocenters. The minimum atomic E-state index is -0.699. The number of nitrogens with two attached hydrogens (primary N) is 1. The zero-order valence-electron chi connectivity index (χ0n) is 20.3. The quantitative estimate of drug-likeness (QED) is 0.426. The number of halogens is 1. The third-order valence-corrected chi connectivity index (χ3v) is 5.70. The van der Waals surface area contributed by atoms with Gasteiger partial charge in [-0.2, -0.15) is 0 Å². The van der Waals surface area contributed by atoms with Crippen LogP contribution in [0.4, 0.5) is 15.9 Å². The van der Waals surface area contributed by atoms with Crippen molar-refractivity contribution < 1.29 is 13.6 Å². The second-order valence-corrected chi connectivity index (χ2v) is 8.82. The summed E-state index contributed by atoms with van der Waals surface area (Å²) in [6.07, 6.45) is 3.72. The number of nitrogens with one attached hydrogen (secondary N) is 1. The number of carbonyl (C=O) groups excluding carboxylic acids is 1. The van der Waals surface area contributed by atoms with E-state index in [9.17, 15) is 18.8 Å². The Morgan fingerprint density at radius 1 is 1.29 bits per heavy atom. The summed E-state index contributed by atoms with van der Waals surface area (Å²) in [6.45, 7) is 6.60. The van der Waals surface area contributed by atoms with E-state index in [4.69, 9.17) is 10.2 Å². The molecule has 0 atom stereocenters. The molecule has 3 rings (SSSR count). The molecule has 188 valence electrons. The highest BCUT2D eigenvalue weighted by atomic mass is 19.1. The van der Waals surface area contributed by atoms with Crippen LogP contribution >= 0.6 is 0 Å². The molecule has 0 saturated heterocycles. The number of aromatic amines is 1. The van der Waals surface area contributed by atoms with Crippen LogP contribution in [-0.2, 0) is 17.8 Å². The van der Waals surface area contributed by atoms with E-state index >= 15 is 0 Å². The number of benzene rings is 1. The first-order valence-corrected chi connectivity index (χ1v) is 11.9. The van der Waals surface area contributed by atoms with Crippen LogP contribution in [0.2, 0.25) is 0 Å². The number of H-pyrrole nitrogens is 1. The Labute approximate surface area is 202 Å². The summed E-state index contributed by atoms with van der Waals surface area (Å²) in [6, 6.07) is 6.19. The predicted molar refractivity (Wildman–Crippen MR) is 133 cm³/mol. The molecule has 0 saturated carbocycles. The molecule has 10 heteroatoms. The Kier molecular flexibility index (Phi) is 8.62. The van der Waals surface area contributed by atoms with Crippen molar-refractivity contribution in [2.45, 2.75) is 59.4 Å². The number of hydrogen-bond acceptors (Lipinski definition) is 6. The summed E-state index contributed by atoms with van der Waals surface area (Å²) in [4.78, 5) is 46.1. The number of carbonyl (C=O) groups is 1. The van der Waals surface area contributed by atoms with E-state index in [-0.39, 0.29) is 59.9 Å². The average Bonchev–Trinajstić information content (AvgIpc) is 3.28. The van der Waals surface area contributed by atoms with Crippen LogP contribution in [0, 0.1) is 11.7 Å². The number of aryl methyl sites for hydroxylation is 1. The van der Waals surface area contributed by atoms with E-state index in [1.807, 2.05) is 20.8 Å². The minimum absolute atomic E-state index is 0.0116. The van der Waals surface area contributed by atoms with Crippen molar-refractivity contribution in [2.24, 2.45) is 5.92 Å². The highest BCUT2D eigenvalue weighted by Crippen LogP contribution is 2.24. The van der Waals surface area contributed by atoms with Crippen molar-refractivity contribution in [3.05, 3.63) is 63.0 Å². The van der Waals surface area contributed by atoms with Gasteiger partial charge in [0.2, 0.25) is 5.91 Å². The maximum Gasteiger partial charge on any atom is 0.330 e. The van der Waals surface area contributed by atoms with Crippen molar-refractivity contribution in [1.29, 1.82) is 0 Å². The molecule has 0 fully saturated rings. The summed E-state index contributed by atoms with van der Waals surface area (Å²) in [5, 5.41) is 0. The molecule has 0 spiro atoms. The first kappa shape index (κ1) is 25.9. The van der Waals surface area contributed by atoms with E-state index in [1.165, 1.54) is 21.7 Å². The smallest absolute Gasteiger partial charge is 0.330 e. The number of aromatic nitrogens is 3. The van der Waals surface area contributed by atoms with Gasteiger partial charge in [0.05, 0.1) is 11.8 Å². The Morgan fingerprint density at radius 2 is 2.03 bits per heavy atom. The van der Waals surface area contributed by atoms with Gasteiger partial charge in [-0.15, -0.1) is 0 Å². The first-order chi connectivity index (χ1) is 16.7. The summed E-state index contributed by atoms with van der Waals surface area (Å²) < 4.78 is 21.0. The molecular weight excluding hydrogens is 453 g/mol. The SMILES string of the molecule is CCCCn1c(N)c(N(CCC(C)C)C(=O)CCc2ncc(-c3ccccc3F)o2)c(=O)[nH]c1=O. The number of unbranched alkanes of at least 4 members (excludes halogenated alkanes) is 1. The summed E-state index contributed by atoms with van der Waals surface area (Å²) in [7, 11) is 0. The van der Waals surface area contributed by atoms with E-state index < -0.39 is 17.1 Å². The normalized spacial score (nSPS) is 11.2. The van der Waals surface area contributed by atoms with Crippen molar-refractivity contribution in [3.8, 4) is 11.3 Å². The maximum atomic E-state index is 14.0. The predicted octanol–water partition coefficient (Wildman–Crippen LogP) is 3.72. The first-order valence-electron chi connectivity index (χ1n) is 11.9. The fourth-order valence-corrected chi connectivity index (χ4v) is 3.69. The van der Waals surface area contributed by atoms with Gasteiger partial charge in [-0.3, -0.25) is 19.1 Å². The number of hydrogen-bond donors (Lipinski definition) is 2. The maximum absolute atomic E-state index is 14.0. The van der Waals surface area contributed by atoms with Gasteiger partial charge in [0, 0.05) is 25.9 Å². The lowest BCUT2D eigenvalue weighted by molar-refractivity contribution is -0.118. The molecule has 3 N–H and O–H groups in total. The molecule has 35 heavy (non-hydrogen) atoms. The molecule has 0 aliphatic heterocycles. The molecule has 9 nitrogen and oxygen atoms in total. The topological polar surface area (TPSA) is 127 Å². The molecule has 0 aliphatic rings. The zero-order valence-corrected chi connectivity index (χ0v) is 20.3. The molecule has 0 bridgehead atoms. The third kappa shape index (κ3) is 6.26. The van der Waals surface area contributed by atoms with Crippen LogP contribution in [0.5, 0.6) is 0 Å². The molecule has 2 aromatic heterocycles. The van der Waals surface area contributed by atoms with Gasteiger partial charge in [0.15, 0.2) is 17.3 Å². The van der Waals surface area contributed by atoms with Crippen molar-refractivity contribution in [1.82, 2.24) is 14.5 Å². The standard InChI is InChI=1S/C25H32FN5O4/c1-4-5-13-31-23(27)22(24(33)29-25(31)34)30(14-12-16(2)3)21(32)11-10-20-28-15-19(35-20)17-8-6-7-9-18(17)26/h6-9,15-16H,4-5,10-14,27H2,1-3H3,(H,29,33,34). The second kappa shape index (κ2) is 11.6. The highest BCUT2D eigenvalue weighted by Gasteiger charge is 2.25. The zero-order chi connectivity index (χ0) is 25.5. The molecule has 1 amide bonds. The van der Waals surface area contributed by atoms with Crippen LogP contribution in [0.3, 0.4) is 0 Å². The van der Waals surface area contributed by atoms with Gasteiger partial charge < -0.3 is 15.1 Å².